The smallest absolute Gasteiger partial charge is 0.335 e. The van der Waals surface area contributed by atoms with Gasteiger partial charge in [-0.15, -0.1) is 11.8 Å². The van der Waals surface area contributed by atoms with Gasteiger partial charge in [-0.25, -0.2) is 4.79 Å². The van der Waals surface area contributed by atoms with Gasteiger partial charge < -0.3 is 15.1 Å². The Balaban J connectivity index is 1.46. The first-order chi connectivity index (χ1) is 13.0. The van der Waals surface area contributed by atoms with E-state index in [2.05, 4.69) is 0 Å². The lowest BCUT2D eigenvalue weighted by Crippen LogP contribution is -2.40. The first-order valence-electron chi connectivity index (χ1n) is 9.93. The van der Waals surface area contributed by atoms with Crippen LogP contribution < -0.4 is 0 Å². The van der Waals surface area contributed by atoms with Gasteiger partial charge in [0.15, 0.2) is 0 Å². The molecule has 1 saturated carbocycles. The number of aliphatic hydroxyl groups is 1. The van der Waals surface area contributed by atoms with Crippen molar-refractivity contribution in [3.63, 3.8) is 0 Å². The number of thioether (sulfide) groups is 1. The van der Waals surface area contributed by atoms with Crippen molar-refractivity contribution in [1.29, 1.82) is 0 Å². The van der Waals surface area contributed by atoms with E-state index < -0.39 is 11.6 Å². The van der Waals surface area contributed by atoms with E-state index >= 15 is 0 Å². The van der Waals surface area contributed by atoms with Gasteiger partial charge in [0.2, 0.25) is 5.91 Å². The SMILES string of the molecule is O=C(O)c1ccc(CCC[C@@H]2SCC(=O)N2CCC2(O)CCCCC2)cc1. The van der Waals surface area contributed by atoms with Gasteiger partial charge in [0.05, 0.1) is 22.3 Å². The predicted molar refractivity (Wildman–Crippen MR) is 107 cm³/mol. The molecule has 1 saturated heterocycles. The number of carboxylic acids is 1. The standard InChI is InChI=1S/C21H29NO4S/c23-18-15-27-19(22(18)14-13-21(26)11-2-1-3-12-21)6-4-5-16-7-9-17(10-8-16)20(24)25/h7-10,19,26H,1-6,11-15H2,(H,24,25)/t19-/m0/s1. The molecule has 148 valence electrons. The second-order valence-corrected chi connectivity index (χ2v) is 8.95. The van der Waals surface area contributed by atoms with Gasteiger partial charge in [-0.2, -0.15) is 0 Å². The summed E-state index contributed by atoms with van der Waals surface area (Å²) in [5.74, 6) is -0.177. The number of nitrogens with zero attached hydrogens (tertiary/aromatic N) is 1. The second kappa shape index (κ2) is 9.11. The molecular weight excluding hydrogens is 362 g/mol. The summed E-state index contributed by atoms with van der Waals surface area (Å²) in [6.07, 6.45) is 8.55. The van der Waals surface area contributed by atoms with E-state index in [-0.39, 0.29) is 11.3 Å². The molecule has 2 fully saturated rings. The van der Waals surface area contributed by atoms with Crippen LogP contribution in [-0.4, -0.2) is 50.3 Å². The molecule has 27 heavy (non-hydrogen) atoms. The summed E-state index contributed by atoms with van der Waals surface area (Å²) >= 11 is 1.70. The van der Waals surface area contributed by atoms with Crippen LogP contribution in [0.1, 0.15) is 67.3 Å². The van der Waals surface area contributed by atoms with Crippen molar-refractivity contribution in [3.8, 4) is 0 Å². The fourth-order valence-electron chi connectivity index (χ4n) is 4.09. The molecule has 0 bridgehead atoms. The summed E-state index contributed by atoms with van der Waals surface area (Å²) in [6.45, 7) is 0.653. The normalized spacial score (nSPS) is 22.2. The minimum atomic E-state index is -0.905. The molecule has 0 radical (unpaired) electrons. The number of carboxylic acid groups (broad SMARTS) is 1. The Morgan fingerprint density at radius 2 is 1.89 bits per heavy atom. The quantitative estimate of drug-likeness (QED) is 0.707. The molecule has 1 aliphatic carbocycles. The van der Waals surface area contributed by atoms with E-state index in [0.29, 0.717) is 24.3 Å². The third-order valence-electron chi connectivity index (χ3n) is 5.79. The average Bonchev–Trinajstić information content (AvgIpc) is 3.01. The fraction of sp³-hybridized carbons (Fsp3) is 0.619. The summed E-state index contributed by atoms with van der Waals surface area (Å²) in [5.41, 5.74) is 0.849. The van der Waals surface area contributed by atoms with E-state index in [0.717, 1.165) is 50.5 Å². The Hall–Kier alpha value is -1.53. The number of aryl methyl sites for hydroxylation is 1. The summed E-state index contributed by atoms with van der Waals surface area (Å²) in [5, 5.41) is 19.9. The minimum Gasteiger partial charge on any atom is -0.478 e. The Morgan fingerprint density at radius 3 is 2.56 bits per heavy atom. The number of amides is 1. The van der Waals surface area contributed by atoms with Crippen LogP contribution >= 0.6 is 11.8 Å². The second-order valence-electron chi connectivity index (χ2n) is 7.78. The molecular formula is C21H29NO4S. The zero-order valence-electron chi connectivity index (χ0n) is 15.7. The summed E-state index contributed by atoms with van der Waals surface area (Å²) < 4.78 is 0. The molecule has 1 heterocycles. The molecule has 0 spiro atoms. The lowest BCUT2D eigenvalue weighted by atomic mass is 9.82. The molecule has 3 rings (SSSR count). The van der Waals surface area contributed by atoms with Crippen LogP contribution in [0.3, 0.4) is 0 Å². The third kappa shape index (κ3) is 5.48. The van der Waals surface area contributed by atoms with Gasteiger partial charge in [0.25, 0.3) is 0 Å². The molecule has 6 heteroatoms. The maximum atomic E-state index is 12.3. The first kappa shape index (κ1) is 20.2. The highest BCUT2D eigenvalue weighted by molar-refractivity contribution is 8.00. The van der Waals surface area contributed by atoms with Gasteiger partial charge in [-0.1, -0.05) is 31.4 Å². The van der Waals surface area contributed by atoms with Crippen molar-refractivity contribution in [2.45, 2.75) is 68.8 Å². The maximum Gasteiger partial charge on any atom is 0.335 e. The van der Waals surface area contributed by atoms with Crippen molar-refractivity contribution in [2.24, 2.45) is 0 Å². The molecule has 1 atom stereocenters. The van der Waals surface area contributed by atoms with Crippen LogP contribution in [0.2, 0.25) is 0 Å². The molecule has 2 N–H and O–H groups in total. The molecule has 1 aliphatic heterocycles. The van der Waals surface area contributed by atoms with Gasteiger partial charge in [-0.3, -0.25) is 4.79 Å². The van der Waals surface area contributed by atoms with Crippen molar-refractivity contribution in [3.05, 3.63) is 35.4 Å². The average molecular weight is 392 g/mol. The number of rotatable bonds is 8. The van der Waals surface area contributed by atoms with E-state index in [1.54, 1.807) is 23.9 Å². The lowest BCUT2D eigenvalue weighted by Gasteiger charge is -2.34. The van der Waals surface area contributed by atoms with Crippen molar-refractivity contribution in [1.82, 2.24) is 4.90 Å². The van der Waals surface area contributed by atoms with Crippen LogP contribution in [0, 0.1) is 0 Å². The van der Waals surface area contributed by atoms with Crippen LogP contribution in [0.15, 0.2) is 24.3 Å². The van der Waals surface area contributed by atoms with Gasteiger partial charge in [0, 0.05) is 6.54 Å². The minimum absolute atomic E-state index is 0.190. The number of carbonyl (C=O) groups is 2. The Morgan fingerprint density at radius 1 is 1.19 bits per heavy atom. The van der Waals surface area contributed by atoms with E-state index in [1.165, 1.54) is 6.42 Å². The monoisotopic (exact) mass is 391 g/mol. The molecule has 1 aromatic rings. The summed E-state index contributed by atoms with van der Waals surface area (Å²) in [7, 11) is 0. The first-order valence-corrected chi connectivity index (χ1v) is 11.0. The maximum absolute atomic E-state index is 12.3. The summed E-state index contributed by atoms with van der Waals surface area (Å²) in [4.78, 5) is 25.1. The van der Waals surface area contributed by atoms with Crippen molar-refractivity contribution < 1.29 is 19.8 Å². The van der Waals surface area contributed by atoms with Crippen LogP contribution in [0.25, 0.3) is 0 Å². The largest absolute Gasteiger partial charge is 0.478 e. The number of aromatic carboxylic acids is 1. The molecule has 0 unspecified atom stereocenters. The molecule has 5 nitrogen and oxygen atoms in total. The third-order valence-corrected chi connectivity index (χ3v) is 7.08. The molecule has 1 aromatic carbocycles. The lowest BCUT2D eigenvalue weighted by molar-refractivity contribution is -0.129. The predicted octanol–water partition coefficient (Wildman–Crippen LogP) is 3.69. The van der Waals surface area contributed by atoms with Crippen LogP contribution in [0.5, 0.6) is 0 Å². The van der Waals surface area contributed by atoms with Gasteiger partial charge in [0.1, 0.15) is 0 Å². The number of carbonyl (C=O) groups excluding carboxylic acids is 1. The van der Waals surface area contributed by atoms with Gasteiger partial charge >= 0.3 is 5.97 Å². The Labute approximate surface area is 165 Å². The fourth-order valence-corrected chi connectivity index (χ4v) is 5.33. The Kier molecular flexibility index (Phi) is 6.82. The van der Waals surface area contributed by atoms with E-state index in [9.17, 15) is 14.7 Å². The van der Waals surface area contributed by atoms with Crippen LogP contribution in [-0.2, 0) is 11.2 Å². The molecule has 0 aromatic heterocycles. The highest BCUT2D eigenvalue weighted by Crippen LogP contribution is 2.34. The summed E-state index contributed by atoms with van der Waals surface area (Å²) in [6, 6.07) is 7.02. The van der Waals surface area contributed by atoms with Crippen LogP contribution in [0.4, 0.5) is 0 Å². The topological polar surface area (TPSA) is 77.8 Å². The molecule has 1 amide bonds. The zero-order valence-corrected chi connectivity index (χ0v) is 16.5. The van der Waals surface area contributed by atoms with E-state index in [4.69, 9.17) is 5.11 Å². The Bertz CT molecular complexity index is 655. The van der Waals surface area contributed by atoms with Crippen molar-refractivity contribution >= 4 is 23.6 Å². The highest BCUT2D eigenvalue weighted by Gasteiger charge is 2.35. The molecule has 2 aliphatic rings. The zero-order chi connectivity index (χ0) is 19.3. The highest BCUT2D eigenvalue weighted by atomic mass is 32.2. The number of hydrogen-bond donors (Lipinski definition) is 2. The van der Waals surface area contributed by atoms with Crippen molar-refractivity contribution in [2.75, 3.05) is 12.3 Å². The van der Waals surface area contributed by atoms with Gasteiger partial charge in [-0.05, 0) is 56.2 Å². The number of hydrogen-bond acceptors (Lipinski definition) is 4. The van der Waals surface area contributed by atoms with E-state index in [1.807, 2.05) is 17.0 Å². The number of benzene rings is 1.